The van der Waals surface area contributed by atoms with E-state index in [-0.39, 0.29) is 11.7 Å². The average Bonchev–Trinajstić information content (AvgIpc) is 2.61. The third-order valence-electron chi connectivity index (χ3n) is 3.08. The molecule has 0 saturated carbocycles. The highest BCUT2D eigenvalue weighted by molar-refractivity contribution is 6.03. The van der Waals surface area contributed by atoms with E-state index in [2.05, 4.69) is 5.32 Å². The van der Waals surface area contributed by atoms with Crippen molar-refractivity contribution in [1.29, 1.82) is 0 Å². The molecule has 1 aliphatic rings. The van der Waals surface area contributed by atoms with Crippen molar-refractivity contribution >= 4 is 17.4 Å². The number of anilines is 1. The molecular weight excluding hydrogens is 216 g/mol. The first-order valence-corrected chi connectivity index (χ1v) is 5.70. The van der Waals surface area contributed by atoms with Crippen LogP contribution in [-0.4, -0.2) is 32.3 Å². The van der Waals surface area contributed by atoms with Gasteiger partial charge in [-0.1, -0.05) is 0 Å². The number of benzene rings is 1. The Labute approximate surface area is 101 Å². The molecule has 90 valence electrons. The van der Waals surface area contributed by atoms with Crippen LogP contribution in [-0.2, 0) is 11.2 Å². The first-order valence-electron chi connectivity index (χ1n) is 5.70. The van der Waals surface area contributed by atoms with Crippen molar-refractivity contribution in [3.63, 3.8) is 0 Å². The van der Waals surface area contributed by atoms with Gasteiger partial charge in [0.05, 0.1) is 6.42 Å². The number of amides is 1. The van der Waals surface area contributed by atoms with Crippen molar-refractivity contribution in [2.75, 3.05) is 25.5 Å². The minimum atomic E-state index is 0.0832. The van der Waals surface area contributed by atoms with Gasteiger partial charge in [0.2, 0.25) is 5.91 Å². The molecule has 1 heterocycles. The maximum atomic E-state index is 11.8. The van der Waals surface area contributed by atoms with E-state index < -0.39 is 0 Å². The Kier molecular flexibility index (Phi) is 3.24. The van der Waals surface area contributed by atoms with E-state index in [0.717, 1.165) is 11.3 Å². The second-order valence-corrected chi connectivity index (χ2v) is 4.25. The molecule has 17 heavy (non-hydrogen) atoms. The van der Waals surface area contributed by atoms with Gasteiger partial charge in [-0.3, -0.25) is 9.59 Å². The largest absolute Gasteiger partial charge is 0.319 e. The van der Waals surface area contributed by atoms with Gasteiger partial charge in [-0.15, -0.1) is 0 Å². The molecule has 4 heteroatoms. The summed E-state index contributed by atoms with van der Waals surface area (Å²) in [6.45, 7) is 0.675. The first-order chi connectivity index (χ1) is 8.13. The van der Waals surface area contributed by atoms with Crippen LogP contribution in [0.15, 0.2) is 18.2 Å². The molecule has 0 atom stereocenters. The van der Waals surface area contributed by atoms with E-state index in [1.807, 2.05) is 19.2 Å². The highest BCUT2D eigenvalue weighted by Gasteiger charge is 2.24. The minimum absolute atomic E-state index is 0.0832. The topological polar surface area (TPSA) is 49.4 Å². The lowest BCUT2D eigenvalue weighted by atomic mass is 10.0. The van der Waals surface area contributed by atoms with E-state index in [0.29, 0.717) is 24.9 Å². The molecule has 0 aromatic heterocycles. The van der Waals surface area contributed by atoms with E-state index in [9.17, 15) is 9.59 Å². The van der Waals surface area contributed by atoms with Gasteiger partial charge < -0.3 is 10.2 Å². The van der Waals surface area contributed by atoms with Gasteiger partial charge in [0.15, 0.2) is 5.78 Å². The number of likely N-dealkylation sites (N-methyl/N-ethyl adjacent to an activating group) is 1. The Hall–Kier alpha value is -1.68. The van der Waals surface area contributed by atoms with Crippen molar-refractivity contribution in [3.05, 3.63) is 29.3 Å². The summed E-state index contributed by atoms with van der Waals surface area (Å²) in [6, 6.07) is 5.49. The van der Waals surface area contributed by atoms with Gasteiger partial charge >= 0.3 is 0 Å². The van der Waals surface area contributed by atoms with Crippen molar-refractivity contribution in [1.82, 2.24) is 5.32 Å². The van der Waals surface area contributed by atoms with Crippen LogP contribution < -0.4 is 10.2 Å². The number of carbonyl (C=O) groups excluding carboxylic acids is 2. The molecule has 0 spiro atoms. The molecular formula is C13H16N2O2. The monoisotopic (exact) mass is 232 g/mol. The zero-order valence-corrected chi connectivity index (χ0v) is 10.1. The number of Topliss-reactive ketones (excluding diaryl/α,β-unsaturated/α-hetero) is 1. The van der Waals surface area contributed by atoms with E-state index >= 15 is 0 Å². The van der Waals surface area contributed by atoms with Crippen LogP contribution in [0.25, 0.3) is 0 Å². The smallest absolute Gasteiger partial charge is 0.231 e. The number of ketones is 1. The number of carbonyl (C=O) groups is 2. The van der Waals surface area contributed by atoms with E-state index in [1.165, 1.54) is 0 Å². The fourth-order valence-electron chi connectivity index (χ4n) is 2.03. The fourth-order valence-corrected chi connectivity index (χ4v) is 2.03. The molecule has 1 amide bonds. The summed E-state index contributed by atoms with van der Waals surface area (Å²) in [5, 5.41) is 2.95. The molecule has 1 N–H and O–H groups in total. The Morgan fingerprint density at radius 1 is 1.47 bits per heavy atom. The number of rotatable bonds is 4. The minimum Gasteiger partial charge on any atom is -0.319 e. The number of fused-ring (bicyclic) bond motifs is 1. The molecule has 0 fully saturated rings. The van der Waals surface area contributed by atoms with Crippen LogP contribution in [0.1, 0.15) is 22.3 Å². The van der Waals surface area contributed by atoms with Gasteiger partial charge in [-0.2, -0.15) is 0 Å². The maximum Gasteiger partial charge on any atom is 0.231 e. The molecule has 4 nitrogen and oxygen atoms in total. The predicted molar refractivity (Wildman–Crippen MR) is 66.4 cm³/mol. The van der Waals surface area contributed by atoms with Crippen molar-refractivity contribution in [2.24, 2.45) is 0 Å². The molecule has 1 aromatic rings. The van der Waals surface area contributed by atoms with Crippen LogP contribution >= 0.6 is 0 Å². The van der Waals surface area contributed by atoms with Gasteiger partial charge in [-0.05, 0) is 30.8 Å². The second-order valence-electron chi connectivity index (χ2n) is 4.25. The number of hydrogen-bond acceptors (Lipinski definition) is 3. The normalized spacial score (nSPS) is 14.0. The third kappa shape index (κ3) is 2.22. The van der Waals surface area contributed by atoms with Crippen LogP contribution in [0.2, 0.25) is 0 Å². The molecule has 1 aliphatic heterocycles. The van der Waals surface area contributed by atoms with Crippen LogP contribution in [0, 0.1) is 0 Å². The first kappa shape index (κ1) is 11.8. The van der Waals surface area contributed by atoms with Crippen molar-refractivity contribution < 1.29 is 9.59 Å². The second kappa shape index (κ2) is 4.67. The summed E-state index contributed by atoms with van der Waals surface area (Å²) >= 11 is 0. The lowest BCUT2D eigenvalue weighted by Crippen LogP contribution is -2.20. The number of nitrogens with one attached hydrogen (secondary N) is 1. The van der Waals surface area contributed by atoms with Gasteiger partial charge in [0, 0.05) is 31.3 Å². The quantitative estimate of drug-likeness (QED) is 0.788. The van der Waals surface area contributed by atoms with Gasteiger partial charge in [0.25, 0.3) is 0 Å². The molecule has 0 saturated heterocycles. The van der Waals surface area contributed by atoms with Crippen LogP contribution in [0.5, 0.6) is 0 Å². The lowest BCUT2D eigenvalue weighted by Gasteiger charge is -2.10. The molecule has 0 aliphatic carbocycles. The molecule has 2 rings (SSSR count). The van der Waals surface area contributed by atoms with Gasteiger partial charge in [-0.25, -0.2) is 0 Å². The zero-order chi connectivity index (χ0) is 12.4. The SMILES string of the molecule is CNCCC(=O)c1ccc2c(c1)CC(=O)N2C. The number of nitrogens with zero attached hydrogens (tertiary/aromatic N) is 1. The van der Waals surface area contributed by atoms with Gasteiger partial charge in [0.1, 0.15) is 0 Å². The summed E-state index contributed by atoms with van der Waals surface area (Å²) in [7, 11) is 3.58. The standard InChI is InChI=1S/C13H16N2O2/c1-14-6-5-12(16)9-3-4-11-10(7-9)8-13(17)15(11)2/h3-4,7,14H,5-6,8H2,1-2H3. The maximum absolute atomic E-state index is 11.8. The average molecular weight is 232 g/mol. The molecule has 0 radical (unpaired) electrons. The summed E-state index contributed by atoms with van der Waals surface area (Å²) in [5.74, 6) is 0.198. The van der Waals surface area contributed by atoms with Crippen LogP contribution in [0.3, 0.4) is 0 Å². The zero-order valence-electron chi connectivity index (χ0n) is 10.1. The fraction of sp³-hybridized carbons (Fsp3) is 0.385. The Morgan fingerprint density at radius 3 is 2.94 bits per heavy atom. The van der Waals surface area contributed by atoms with Crippen molar-refractivity contribution in [2.45, 2.75) is 12.8 Å². The summed E-state index contributed by atoms with van der Waals surface area (Å²) < 4.78 is 0. The molecule has 1 aromatic carbocycles. The lowest BCUT2D eigenvalue weighted by molar-refractivity contribution is -0.117. The number of hydrogen-bond donors (Lipinski definition) is 1. The molecule has 0 unspecified atom stereocenters. The highest BCUT2D eigenvalue weighted by Crippen LogP contribution is 2.28. The van der Waals surface area contributed by atoms with E-state index in [1.54, 1.807) is 18.0 Å². The third-order valence-corrected chi connectivity index (χ3v) is 3.08. The molecule has 0 bridgehead atoms. The Balaban J connectivity index is 2.21. The highest BCUT2D eigenvalue weighted by atomic mass is 16.2. The van der Waals surface area contributed by atoms with Crippen LogP contribution in [0.4, 0.5) is 5.69 Å². The summed E-state index contributed by atoms with van der Waals surface area (Å²) in [5.41, 5.74) is 2.56. The van der Waals surface area contributed by atoms with E-state index in [4.69, 9.17) is 0 Å². The summed E-state index contributed by atoms with van der Waals surface area (Å²) in [6.07, 6.45) is 0.887. The predicted octanol–water partition coefficient (Wildman–Crippen LogP) is 0.998. The Morgan fingerprint density at radius 2 is 2.24 bits per heavy atom. The summed E-state index contributed by atoms with van der Waals surface area (Å²) in [4.78, 5) is 25.0. The Bertz CT molecular complexity index is 468. The van der Waals surface area contributed by atoms with Crippen molar-refractivity contribution in [3.8, 4) is 0 Å².